The summed E-state index contributed by atoms with van der Waals surface area (Å²) in [4.78, 5) is 14.9. The first-order chi connectivity index (χ1) is 15.7. The van der Waals surface area contributed by atoms with Gasteiger partial charge in [-0.25, -0.2) is 0 Å². The topological polar surface area (TPSA) is 71.3 Å². The number of benzene rings is 3. The Morgan fingerprint density at radius 1 is 1.00 bits per heavy atom. The molecule has 0 bridgehead atoms. The number of para-hydroxylation sites is 3. The van der Waals surface area contributed by atoms with Crippen molar-refractivity contribution in [3.8, 4) is 11.5 Å². The van der Waals surface area contributed by atoms with Gasteiger partial charge in [0.2, 0.25) is 11.8 Å². The van der Waals surface area contributed by atoms with Crippen LogP contribution in [0, 0.1) is 0 Å². The highest BCUT2D eigenvalue weighted by atomic mass is 35.5. The molecule has 0 radical (unpaired) electrons. The molecule has 4 aromatic rings. The molecule has 3 aromatic carbocycles. The van der Waals surface area contributed by atoms with E-state index in [0.29, 0.717) is 16.1 Å². The van der Waals surface area contributed by atoms with E-state index in [2.05, 4.69) is 38.6 Å². The number of carbonyl (C=O) groups excluding carboxylic acids is 1. The lowest BCUT2D eigenvalue weighted by atomic mass is 10.2. The molecule has 0 saturated carbocycles. The third-order valence-corrected chi connectivity index (χ3v) is 6.25. The lowest BCUT2D eigenvalue weighted by molar-refractivity contribution is -0.113. The normalized spacial score (nSPS) is 12.6. The number of carbonyl (C=O) groups is 1. The Bertz CT molecular complexity index is 1260. The molecule has 1 aliphatic heterocycles. The molecule has 0 spiro atoms. The van der Waals surface area contributed by atoms with Gasteiger partial charge in [-0.3, -0.25) is 4.79 Å². The Morgan fingerprint density at radius 3 is 2.59 bits per heavy atom. The second-order valence-electron chi connectivity index (χ2n) is 7.26. The van der Waals surface area contributed by atoms with Gasteiger partial charge in [0.25, 0.3) is 5.22 Å². The summed E-state index contributed by atoms with van der Waals surface area (Å²) in [5, 5.41) is 12.1. The molecule has 0 atom stereocenters. The molecule has 160 valence electrons. The Hall–Kier alpha value is -3.29. The van der Waals surface area contributed by atoms with Crippen LogP contribution in [-0.4, -0.2) is 28.4 Å². The summed E-state index contributed by atoms with van der Waals surface area (Å²) in [7, 11) is 0. The van der Waals surface area contributed by atoms with E-state index < -0.39 is 0 Å². The van der Waals surface area contributed by atoms with Crippen LogP contribution in [0.15, 0.2) is 82.4 Å². The number of aromatic nitrogens is 2. The number of nitrogens with one attached hydrogen (secondary N) is 1. The minimum Gasteiger partial charge on any atom is -0.411 e. The molecule has 1 amide bonds. The van der Waals surface area contributed by atoms with Crippen molar-refractivity contribution in [2.45, 2.75) is 11.6 Å². The van der Waals surface area contributed by atoms with E-state index >= 15 is 0 Å². The van der Waals surface area contributed by atoms with Crippen molar-refractivity contribution in [2.24, 2.45) is 0 Å². The third kappa shape index (κ3) is 4.35. The summed E-state index contributed by atoms with van der Waals surface area (Å²) in [6.45, 7) is 0.885. The second-order valence-corrected chi connectivity index (χ2v) is 8.63. The zero-order valence-electron chi connectivity index (χ0n) is 17.0. The highest BCUT2D eigenvalue weighted by Gasteiger charge is 2.22. The maximum atomic E-state index is 12.7. The van der Waals surface area contributed by atoms with Crippen LogP contribution < -0.4 is 10.2 Å². The van der Waals surface area contributed by atoms with Crippen LogP contribution in [0.4, 0.5) is 17.1 Å². The molecule has 2 heterocycles. The number of hydrogen-bond acceptors (Lipinski definition) is 6. The Morgan fingerprint density at radius 2 is 1.75 bits per heavy atom. The van der Waals surface area contributed by atoms with E-state index in [1.165, 1.54) is 23.0 Å². The van der Waals surface area contributed by atoms with Gasteiger partial charge in [0, 0.05) is 22.8 Å². The monoisotopic (exact) mass is 462 g/mol. The SMILES string of the molecule is O=C(CSc1nnc(-c2ccc(Cl)cc2)o1)Nc1ccccc1N1CCc2ccccc21. The Kier molecular flexibility index (Phi) is 5.83. The fourth-order valence-corrected chi connectivity index (χ4v) is 4.38. The van der Waals surface area contributed by atoms with Crippen LogP contribution in [0.1, 0.15) is 5.56 Å². The lowest BCUT2D eigenvalue weighted by Gasteiger charge is -2.23. The van der Waals surface area contributed by atoms with Gasteiger partial charge in [-0.15, -0.1) is 10.2 Å². The largest absolute Gasteiger partial charge is 0.411 e. The molecule has 1 aliphatic rings. The quantitative estimate of drug-likeness (QED) is 0.364. The number of rotatable bonds is 6. The Labute approximate surface area is 194 Å². The van der Waals surface area contributed by atoms with Crippen LogP contribution in [0.5, 0.6) is 0 Å². The van der Waals surface area contributed by atoms with Crippen LogP contribution in [0.25, 0.3) is 11.5 Å². The summed E-state index contributed by atoms with van der Waals surface area (Å²) in [6, 6.07) is 23.4. The van der Waals surface area contributed by atoms with Crippen LogP contribution in [0.2, 0.25) is 5.02 Å². The van der Waals surface area contributed by atoms with E-state index in [1.807, 2.05) is 42.5 Å². The molecule has 0 saturated heterocycles. The maximum absolute atomic E-state index is 12.7. The lowest BCUT2D eigenvalue weighted by Crippen LogP contribution is -2.19. The number of hydrogen-bond donors (Lipinski definition) is 1. The van der Waals surface area contributed by atoms with Crippen molar-refractivity contribution in [1.82, 2.24) is 10.2 Å². The van der Waals surface area contributed by atoms with Crippen molar-refractivity contribution >= 4 is 46.3 Å². The molecular weight excluding hydrogens is 444 g/mol. The van der Waals surface area contributed by atoms with E-state index in [4.69, 9.17) is 16.0 Å². The molecule has 1 N–H and O–H groups in total. The summed E-state index contributed by atoms with van der Waals surface area (Å²) in [6.07, 6.45) is 0.988. The number of fused-ring (bicyclic) bond motifs is 1. The predicted octanol–water partition coefficient (Wildman–Crippen LogP) is 5.82. The van der Waals surface area contributed by atoms with Gasteiger partial charge in [-0.05, 0) is 54.4 Å². The molecular formula is C24H19ClN4O2S. The fourth-order valence-electron chi connectivity index (χ4n) is 3.69. The number of anilines is 3. The fraction of sp³-hybridized carbons (Fsp3) is 0.125. The van der Waals surface area contributed by atoms with E-state index in [0.717, 1.165) is 29.9 Å². The van der Waals surface area contributed by atoms with Gasteiger partial charge < -0.3 is 14.6 Å². The zero-order valence-corrected chi connectivity index (χ0v) is 18.6. The number of nitrogens with zero attached hydrogens (tertiary/aromatic N) is 3. The molecule has 6 nitrogen and oxygen atoms in total. The maximum Gasteiger partial charge on any atom is 0.277 e. The van der Waals surface area contributed by atoms with Gasteiger partial charge in [0.05, 0.1) is 17.1 Å². The van der Waals surface area contributed by atoms with Gasteiger partial charge in [-0.1, -0.05) is 53.7 Å². The summed E-state index contributed by atoms with van der Waals surface area (Å²) in [5.74, 6) is 0.413. The highest BCUT2D eigenvalue weighted by Crippen LogP contribution is 2.38. The first kappa shape index (κ1) is 20.6. The molecule has 0 fully saturated rings. The standard InChI is InChI=1S/C24H19ClN4O2S/c25-18-11-9-17(10-12-18)23-27-28-24(31-23)32-15-22(30)26-19-6-2-4-8-21(19)29-14-13-16-5-1-3-7-20(16)29/h1-12H,13-15H2,(H,26,30). The predicted molar refractivity (Wildman–Crippen MR) is 128 cm³/mol. The second kappa shape index (κ2) is 9.06. The number of thioether (sulfide) groups is 1. The molecule has 0 unspecified atom stereocenters. The summed E-state index contributed by atoms with van der Waals surface area (Å²) < 4.78 is 5.66. The molecule has 8 heteroatoms. The minimum absolute atomic E-state index is 0.138. The average Bonchev–Trinajstić information content (AvgIpc) is 3.46. The first-order valence-electron chi connectivity index (χ1n) is 10.1. The van der Waals surface area contributed by atoms with Crippen LogP contribution in [-0.2, 0) is 11.2 Å². The molecule has 5 rings (SSSR count). The van der Waals surface area contributed by atoms with Crippen molar-refractivity contribution < 1.29 is 9.21 Å². The highest BCUT2D eigenvalue weighted by molar-refractivity contribution is 7.99. The average molecular weight is 463 g/mol. The number of halogens is 1. The molecule has 32 heavy (non-hydrogen) atoms. The van der Waals surface area contributed by atoms with Crippen LogP contribution >= 0.6 is 23.4 Å². The van der Waals surface area contributed by atoms with E-state index in [9.17, 15) is 4.79 Å². The number of amides is 1. The van der Waals surface area contributed by atoms with Crippen molar-refractivity contribution in [2.75, 3.05) is 22.5 Å². The zero-order chi connectivity index (χ0) is 21.9. The van der Waals surface area contributed by atoms with Gasteiger partial charge in [0.15, 0.2) is 0 Å². The third-order valence-electron chi connectivity index (χ3n) is 5.18. The molecule has 1 aromatic heterocycles. The van der Waals surface area contributed by atoms with E-state index in [-0.39, 0.29) is 11.7 Å². The first-order valence-corrected chi connectivity index (χ1v) is 11.5. The van der Waals surface area contributed by atoms with Gasteiger partial charge in [-0.2, -0.15) is 0 Å². The van der Waals surface area contributed by atoms with Crippen LogP contribution in [0.3, 0.4) is 0 Å². The molecule has 0 aliphatic carbocycles. The van der Waals surface area contributed by atoms with Crippen molar-refractivity contribution in [3.05, 3.63) is 83.4 Å². The van der Waals surface area contributed by atoms with E-state index in [1.54, 1.807) is 12.1 Å². The van der Waals surface area contributed by atoms with Crippen molar-refractivity contribution in [1.29, 1.82) is 0 Å². The summed E-state index contributed by atoms with van der Waals surface area (Å²) >= 11 is 7.12. The Balaban J connectivity index is 1.25. The minimum atomic E-state index is -0.138. The van der Waals surface area contributed by atoms with Crippen molar-refractivity contribution in [3.63, 3.8) is 0 Å². The smallest absolute Gasteiger partial charge is 0.277 e. The summed E-state index contributed by atoms with van der Waals surface area (Å²) in [5.41, 5.74) is 5.04. The van der Waals surface area contributed by atoms with Gasteiger partial charge in [0.1, 0.15) is 0 Å². The van der Waals surface area contributed by atoms with Gasteiger partial charge >= 0.3 is 0 Å².